The Balaban J connectivity index is 2.82. The van der Waals surface area contributed by atoms with Crippen LogP contribution in [0.4, 0.5) is 0 Å². The van der Waals surface area contributed by atoms with Gasteiger partial charge in [0.05, 0.1) is 13.2 Å². The third-order valence-electron chi connectivity index (χ3n) is 2.52. The Morgan fingerprint density at radius 3 is 2.57 bits per heavy atom. The third-order valence-corrected chi connectivity index (χ3v) is 2.52. The molecule has 0 spiro atoms. The van der Waals surface area contributed by atoms with Crippen molar-refractivity contribution in [3.63, 3.8) is 0 Å². The van der Waals surface area contributed by atoms with Gasteiger partial charge in [-0.1, -0.05) is 13.3 Å². The maximum absolute atomic E-state index is 11.6. The van der Waals surface area contributed by atoms with Crippen LogP contribution in [0.2, 0.25) is 0 Å². The molecule has 0 saturated carbocycles. The quantitative estimate of drug-likeness (QED) is 0.565. The normalized spacial score (nSPS) is 10.2. The number of carboxylic acid groups (broad SMARTS) is 1. The number of aromatic nitrogens is 2. The van der Waals surface area contributed by atoms with E-state index in [1.165, 1.54) is 0 Å². The summed E-state index contributed by atoms with van der Waals surface area (Å²) in [6.07, 6.45) is 1.60. The molecular formula is C13H18N2O6. The summed E-state index contributed by atoms with van der Waals surface area (Å²) < 4.78 is 10.6. The summed E-state index contributed by atoms with van der Waals surface area (Å²) in [6.45, 7) is 3.62. The van der Waals surface area contributed by atoms with E-state index in [0.717, 1.165) is 23.6 Å². The van der Waals surface area contributed by atoms with E-state index in [-0.39, 0.29) is 31.1 Å². The van der Waals surface area contributed by atoms with Crippen molar-refractivity contribution in [2.75, 3.05) is 13.2 Å². The van der Waals surface area contributed by atoms with E-state index in [1.807, 2.05) is 6.92 Å². The molecule has 0 aliphatic carbocycles. The molecule has 1 aromatic rings. The van der Waals surface area contributed by atoms with Gasteiger partial charge in [-0.05, 0) is 13.3 Å². The number of hydrogen-bond acceptors (Lipinski definition) is 6. The van der Waals surface area contributed by atoms with E-state index in [9.17, 15) is 14.4 Å². The minimum Gasteiger partial charge on any atom is -0.477 e. The number of unbranched alkanes of at least 4 members (excludes halogenated alkanes) is 1. The van der Waals surface area contributed by atoms with Crippen LogP contribution in [-0.2, 0) is 20.8 Å². The number of nitrogens with zero attached hydrogens (tertiary/aromatic N) is 2. The highest BCUT2D eigenvalue weighted by molar-refractivity contribution is 5.92. The summed E-state index contributed by atoms with van der Waals surface area (Å²) in [5.41, 5.74) is -0.430. The van der Waals surface area contributed by atoms with Gasteiger partial charge in [-0.2, -0.15) is 5.10 Å². The molecule has 8 heteroatoms. The topological polar surface area (TPSA) is 108 Å². The van der Waals surface area contributed by atoms with E-state index >= 15 is 0 Å². The van der Waals surface area contributed by atoms with Crippen LogP contribution in [0.25, 0.3) is 0 Å². The van der Waals surface area contributed by atoms with E-state index < -0.39 is 17.9 Å². The van der Waals surface area contributed by atoms with Gasteiger partial charge in [0.15, 0.2) is 5.69 Å². The molecule has 116 valence electrons. The van der Waals surface area contributed by atoms with Gasteiger partial charge in [0.25, 0.3) is 0 Å². The summed E-state index contributed by atoms with van der Waals surface area (Å²) >= 11 is 0. The third kappa shape index (κ3) is 4.90. The van der Waals surface area contributed by atoms with Gasteiger partial charge in [-0.25, -0.2) is 14.3 Å². The van der Waals surface area contributed by atoms with Crippen LogP contribution in [0.1, 0.15) is 47.7 Å². The predicted octanol–water partition coefficient (Wildman–Crippen LogP) is 1.10. The number of carboxylic acids is 1. The van der Waals surface area contributed by atoms with Crippen LogP contribution in [0.5, 0.6) is 0 Å². The van der Waals surface area contributed by atoms with Crippen molar-refractivity contribution >= 4 is 17.9 Å². The van der Waals surface area contributed by atoms with Gasteiger partial charge in [-0.3, -0.25) is 4.79 Å². The SMILES string of the molecule is CCCCOC(=O)Cn1nc(C(=O)OCC)cc1C(=O)O. The lowest BCUT2D eigenvalue weighted by Crippen LogP contribution is -2.19. The second kappa shape index (κ2) is 8.03. The molecule has 0 aromatic carbocycles. The predicted molar refractivity (Wildman–Crippen MR) is 71.0 cm³/mol. The van der Waals surface area contributed by atoms with Crippen LogP contribution in [0.15, 0.2) is 6.07 Å². The fraction of sp³-hybridized carbons (Fsp3) is 0.538. The number of aromatic carboxylic acids is 1. The Morgan fingerprint density at radius 1 is 1.29 bits per heavy atom. The number of rotatable bonds is 8. The Hall–Kier alpha value is -2.38. The molecule has 0 aliphatic heterocycles. The number of ether oxygens (including phenoxy) is 2. The van der Waals surface area contributed by atoms with Crippen LogP contribution < -0.4 is 0 Å². The molecule has 0 fully saturated rings. The second-order valence-corrected chi connectivity index (χ2v) is 4.17. The lowest BCUT2D eigenvalue weighted by atomic mass is 10.3. The molecule has 1 heterocycles. The lowest BCUT2D eigenvalue weighted by Gasteiger charge is -2.05. The van der Waals surface area contributed by atoms with Gasteiger partial charge in [0.1, 0.15) is 12.2 Å². The number of carbonyl (C=O) groups is 3. The molecule has 1 aromatic heterocycles. The van der Waals surface area contributed by atoms with Crippen molar-refractivity contribution in [1.29, 1.82) is 0 Å². The minimum absolute atomic E-state index is 0.146. The number of hydrogen-bond donors (Lipinski definition) is 1. The molecule has 21 heavy (non-hydrogen) atoms. The second-order valence-electron chi connectivity index (χ2n) is 4.17. The largest absolute Gasteiger partial charge is 0.477 e. The first-order chi connectivity index (χ1) is 9.99. The molecule has 0 bridgehead atoms. The zero-order chi connectivity index (χ0) is 15.8. The Bertz CT molecular complexity index is 523. The Kier molecular flexibility index (Phi) is 6.38. The minimum atomic E-state index is -1.29. The lowest BCUT2D eigenvalue weighted by molar-refractivity contribution is -0.144. The smallest absolute Gasteiger partial charge is 0.358 e. The van der Waals surface area contributed by atoms with Crippen molar-refractivity contribution in [2.24, 2.45) is 0 Å². The highest BCUT2D eigenvalue weighted by Gasteiger charge is 2.21. The van der Waals surface area contributed by atoms with Gasteiger partial charge < -0.3 is 14.6 Å². The van der Waals surface area contributed by atoms with Gasteiger partial charge >= 0.3 is 17.9 Å². The van der Waals surface area contributed by atoms with Crippen LogP contribution in [0, 0.1) is 0 Å². The van der Waals surface area contributed by atoms with Crippen LogP contribution >= 0.6 is 0 Å². The molecule has 0 saturated heterocycles. The molecule has 0 amide bonds. The first kappa shape index (κ1) is 16.7. The highest BCUT2D eigenvalue weighted by Crippen LogP contribution is 2.07. The van der Waals surface area contributed by atoms with Crippen molar-refractivity contribution in [1.82, 2.24) is 9.78 Å². The molecule has 0 atom stereocenters. The zero-order valence-corrected chi connectivity index (χ0v) is 12.0. The fourth-order valence-electron chi connectivity index (χ4n) is 1.51. The highest BCUT2D eigenvalue weighted by atomic mass is 16.5. The average Bonchev–Trinajstić information content (AvgIpc) is 2.83. The number of carbonyl (C=O) groups excluding carboxylic acids is 2. The van der Waals surface area contributed by atoms with Crippen molar-refractivity contribution < 1.29 is 29.0 Å². The van der Waals surface area contributed by atoms with E-state index in [2.05, 4.69) is 5.10 Å². The van der Waals surface area contributed by atoms with E-state index in [0.29, 0.717) is 0 Å². The monoisotopic (exact) mass is 298 g/mol. The van der Waals surface area contributed by atoms with Gasteiger partial charge in [-0.15, -0.1) is 0 Å². The molecule has 8 nitrogen and oxygen atoms in total. The summed E-state index contributed by atoms with van der Waals surface area (Å²) in [7, 11) is 0. The summed E-state index contributed by atoms with van der Waals surface area (Å²) in [5.74, 6) is -2.64. The van der Waals surface area contributed by atoms with Crippen LogP contribution in [0.3, 0.4) is 0 Å². The van der Waals surface area contributed by atoms with Crippen molar-refractivity contribution in [3.8, 4) is 0 Å². The maximum atomic E-state index is 11.6. The number of esters is 2. The van der Waals surface area contributed by atoms with Gasteiger partial charge in [0, 0.05) is 6.07 Å². The van der Waals surface area contributed by atoms with Gasteiger partial charge in [0.2, 0.25) is 0 Å². The Labute approximate surface area is 121 Å². The fourth-order valence-corrected chi connectivity index (χ4v) is 1.51. The van der Waals surface area contributed by atoms with Crippen LogP contribution in [-0.4, -0.2) is 46.0 Å². The van der Waals surface area contributed by atoms with E-state index in [4.69, 9.17) is 14.6 Å². The van der Waals surface area contributed by atoms with Crippen molar-refractivity contribution in [2.45, 2.75) is 33.2 Å². The molecule has 0 aliphatic rings. The average molecular weight is 298 g/mol. The molecule has 1 rings (SSSR count). The Morgan fingerprint density at radius 2 is 2.00 bits per heavy atom. The first-order valence-electron chi connectivity index (χ1n) is 6.63. The summed E-state index contributed by atoms with van der Waals surface area (Å²) in [4.78, 5) is 34.2. The standard InChI is InChI=1S/C13H18N2O6/c1-3-5-6-21-11(16)8-15-10(12(17)18)7-9(14-15)13(19)20-4-2/h7H,3-6,8H2,1-2H3,(H,17,18). The van der Waals surface area contributed by atoms with Crippen molar-refractivity contribution in [3.05, 3.63) is 17.5 Å². The first-order valence-corrected chi connectivity index (χ1v) is 6.63. The molecular weight excluding hydrogens is 280 g/mol. The van der Waals surface area contributed by atoms with E-state index in [1.54, 1.807) is 6.92 Å². The zero-order valence-electron chi connectivity index (χ0n) is 12.0. The summed E-state index contributed by atoms with van der Waals surface area (Å²) in [5, 5.41) is 12.8. The summed E-state index contributed by atoms with van der Waals surface area (Å²) in [6, 6.07) is 1.07. The molecule has 0 unspecified atom stereocenters. The molecule has 1 N–H and O–H groups in total. The molecule has 0 radical (unpaired) electrons. The maximum Gasteiger partial charge on any atom is 0.358 e.